The molecule has 4 unspecified atom stereocenters. The minimum atomic E-state index is -0.456. The van der Waals surface area contributed by atoms with Gasteiger partial charge in [-0.15, -0.1) is 0 Å². The predicted molar refractivity (Wildman–Crippen MR) is 71.3 cm³/mol. The van der Waals surface area contributed by atoms with E-state index in [1.807, 2.05) is 0 Å². The van der Waals surface area contributed by atoms with Crippen LogP contribution in [0, 0.1) is 17.8 Å². The first-order chi connectivity index (χ1) is 9.60. The molecule has 0 aromatic heterocycles. The third-order valence-corrected chi connectivity index (χ3v) is 5.04. The zero-order valence-corrected chi connectivity index (χ0v) is 11.5. The summed E-state index contributed by atoms with van der Waals surface area (Å²) in [6, 6.07) is -0.456. The molecule has 2 heterocycles. The zero-order chi connectivity index (χ0) is 14.3. The van der Waals surface area contributed by atoms with Gasteiger partial charge in [0.25, 0.3) is 0 Å². The molecule has 3 N–H and O–H groups in total. The number of nitrogens with two attached hydrogens (primary N) is 1. The van der Waals surface area contributed by atoms with E-state index in [1.165, 1.54) is 0 Å². The predicted octanol–water partition coefficient (Wildman–Crippen LogP) is -0.375. The summed E-state index contributed by atoms with van der Waals surface area (Å²) >= 11 is 0. The van der Waals surface area contributed by atoms with Crippen molar-refractivity contribution in [3.8, 4) is 0 Å². The Kier molecular flexibility index (Phi) is 3.50. The van der Waals surface area contributed by atoms with Gasteiger partial charge in [-0.1, -0.05) is 0 Å². The molecule has 3 aliphatic rings. The summed E-state index contributed by atoms with van der Waals surface area (Å²) in [5.41, 5.74) is 5.74. The highest BCUT2D eigenvalue weighted by atomic mass is 16.2. The number of likely N-dealkylation sites (tertiary alicyclic amines) is 1. The van der Waals surface area contributed by atoms with E-state index in [1.54, 1.807) is 4.90 Å². The number of imide groups is 1. The Balaban J connectivity index is 1.71. The van der Waals surface area contributed by atoms with E-state index in [0.29, 0.717) is 37.8 Å². The first-order valence-electron chi connectivity index (χ1n) is 7.44. The second-order valence-electron chi connectivity index (χ2n) is 6.24. The Labute approximate surface area is 118 Å². The highest BCUT2D eigenvalue weighted by Gasteiger charge is 2.47. The molecular weight excluding hydrogens is 258 g/mol. The number of amides is 3. The lowest BCUT2D eigenvalue weighted by molar-refractivity contribution is -0.144. The molecule has 1 aliphatic carbocycles. The average Bonchev–Trinajstić information content (AvgIpc) is 2.75. The Bertz CT molecular complexity index is 451. The zero-order valence-electron chi connectivity index (χ0n) is 11.5. The van der Waals surface area contributed by atoms with Crippen molar-refractivity contribution >= 4 is 17.7 Å². The van der Waals surface area contributed by atoms with E-state index < -0.39 is 6.04 Å². The molecule has 3 amide bonds. The number of piperidine rings is 1. The number of fused-ring (bicyclic) bond motifs is 1. The van der Waals surface area contributed by atoms with Gasteiger partial charge in [-0.05, 0) is 44.1 Å². The molecule has 3 rings (SSSR count). The summed E-state index contributed by atoms with van der Waals surface area (Å²) in [4.78, 5) is 37.3. The highest BCUT2D eigenvalue weighted by molar-refractivity contribution is 6.02. The monoisotopic (exact) mass is 279 g/mol. The summed E-state index contributed by atoms with van der Waals surface area (Å²) in [6.07, 6.45) is 3.65. The molecule has 2 aliphatic heterocycles. The van der Waals surface area contributed by atoms with Crippen molar-refractivity contribution in [1.82, 2.24) is 10.2 Å². The lowest BCUT2D eigenvalue weighted by Crippen LogP contribution is -2.53. The smallest absolute Gasteiger partial charge is 0.249 e. The Morgan fingerprint density at radius 1 is 1.20 bits per heavy atom. The van der Waals surface area contributed by atoms with Gasteiger partial charge in [0.15, 0.2) is 0 Å². The Morgan fingerprint density at radius 3 is 2.70 bits per heavy atom. The maximum atomic E-state index is 12.5. The molecule has 110 valence electrons. The summed E-state index contributed by atoms with van der Waals surface area (Å²) in [5.74, 6) is 0.436. The van der Waals surface area contributed by atoms with E-state index in [9.17, 15) is 14.4 Å². The molecule has 0 radical (unpaired) electrons. The fourth-order valence-electron chi connectivity index (χ4n) is 3.92. The third kappa shape index (κ3) is 2.22. The van der Waals surface area contributed by atoms with Crippen LogP contribution in [0.1, 0.15) is 32.1 Å². The normalized spacial score (nSPS) is 37.9. The van der Waals surface area contributed by atoms with Crippen LogP contribution in [0.2, 0.25) is 0 Å². The van der Waals surface area contributed by atoms with Crippen LogP contribution in [-0.2, 0) is 14.4 Å². The minimum Gasteiger partial charge on any atom is -0.330 e. The van der Waals surface area contributed by atoms with Gasteiger partial charge in [0.1, 0.15) is 6.04 Å². The molecule has 4 atom stereocenters. The number of rotatable bonds is 2. The molecule has 0 aromatic rings. The van der Waals surface area contributed by atoms with Gasteiger partial charge in [0, 0.05) is 18.9 Å². The van der Waals surface area contributed by atoms with Crippen molar-refractivity contribution in [2.24, 2.45) is 23.5 Å². The van der Waals surface area contributed by atoms with Crippen LogP contribution in [0.4, 0.5) is 0 Å². The van der Waals surface area contributed by atoms with Crippen LogP contribution in [0.5, 0.6) is 0 Å². The first kappa shape index (κ1) is 13.5. The van der Waals surface area contributed by atoms with E-state index in [2.05, 4.69) is 5.32 Å². The number of nitrogens with zero attached hydrogens (tertiary/aromatic N) is 1. The number of hydrogen-bond acceptors (Lipinski definition) is 4. The van der Waals surface area contributed by atoms with Crippen LogP contribution in [-0.4, -0.2) is 41.8 Å². The van der Waals surface area contributed by atoms with Gasteiger partial charge in [-0.25, -0.2) is 0 Å². The van der Waals surface area contributed by atoms with Crippen molar-refractivity contribution in [3.63, 3.8) is 0 Å². The van der Waals surface area contributed by atoms with E-state index >= 15 is 0 Å². The summed E-state index contributed by atoms with van der Waals surface area (Å²) in [6.45, 7) is 1.32. The topological polar surface area (TPSA) is 92.5 Å². The van der Waals surface area contributed by atoms with E-state index in [0.717, 1.165) is 19.3 Å². The van der Waals surface area contributed by atoms with Gasteiger partial charge >= 0.3 is 0 Å². The van der Waals surface area contributed by atoms with Gasteiger partial charge in [0.2, 0.25) is 17.7 Å². The fourth-order valence-corrected chi connectivity index (χ4v) is 3.92. The molecule has 2 saturated heterocycles. The van der Waals surface area contributed by atoms with Gasteiger partial charge in [-0.3, -0.25) is 19.7 Å². The summed E-state index contributed by atoms with van der Waals surface area (Å²) in [7, 11) is 0. The largest absolute Gasteiger partial charge is 0.330 e. The molecule has 0 aromatic carbocycles. The second kappa shape index (κ2) is 5.16. The second-order valence-corrected chi connectivity index (χ2v) is 6.24. The van der Waals surface area contributed by atoms with E-state index in [-0.39, 0.29) is 23.6 Å². The summed E-state index contributed by atoms with van der Waals surface area (Å²) in [5, 5.41) is 2.34. The first-order valence-corrected chi connectivity index (χ1v) is 7.44. The van der Waals surface area contributed by atoms with Crippen LogP contribution in [0.3, 0.4) is 0 Å². The SMILES string of the molecule is NCC1CCC2C(=O)N(C3CCC(=O)NC3=O)CC2C1. The number of nitrogens with one attached hydrogen (secondary N) is 1. The van der Waals surface area contributed by atoms with Crippen LogP contribution >= 0.6 is 0 Å². The van der Waals surface area contributed by atoms with E-state index in [4.69, 9.17) is 5.73 Å². The Morgan fingerprint density at radius 2 is 2.00 bits per heavy atom. The van der Waals surface area contributed by atoms with Crippen LogP contribution < -0.4 is 11.1 Å². The van der Waals surface area contributed by atoms with Crippen molar-refractivity contribution in [2.75, 3.05) is 13.1 Å². The maximum Gasteiger partial charge on any atom is 0.249 e. The molecule has 0 bridgehead atoms. The molecule has 1 saturated carbocycles. The molecule has 0 spiro atoms. The van der Waals surface area contributed by atoms with Crippen molar-refractivity contribution in [2.45, 2.75) is 38.1 Å². The van der Waals surface area contributed by atoms with Crippen molar-refractivity contribution in [1.29, 1.82) is 0 Å². The quantitative estimate of drug-likeness (QED) is 0.674. The molecular formula is C14H21N3O3. The van der Waals surface area contributed by atoms with Crippen LogP contribution in [0.25, 0.3) is 0 Å². The fraction of sp³-hybridized carbons (Fsp3) is 0.786. The van der Waals surface area contributed by atoms with Crippen molar-refractivity contribution < 1.29 is 14.4 Å². The molecule has 6 nitrogen and oxygen atoms in total. The van der Waals surface area contributed by atoms with Gasteiger partial charge in [-0.2, -0.15) is 0 Å². The maximum absolute atomic E-state index is 12.5. The van der Waals surface area contributed by atoms with Crippen LogP contribution in [0.15, 0.2) is 0 Å². The Hall–Kier alpha value is -1.43. The van der Waals surface area contributed by atoms with Gasteiger partial charge < -0.3 is 10.6 Å². The number of carbonyl (C=O) groups excluding carboxylic acids is 3. The van der Waals surface area contributed by atoms with Crippen molar-refractivity contribution in [3.05, 3.63) is 0 Å². The lowest BCUT2D eigenvalue weighted by Gasteiger charge is -2.29. The molecule has 3 fully saturated rings. The lowest BCUT2D eigenvalue weighted by atomic mass is 9.76. The molecule has 6 heteroatoms. The van der Waals surface area contributed by atoms with Gasteiger partial charge in [0.05, 0.1) is 0 Å². The summed E-state index contributed by atoms with van der Waals surface area (Å²) < 4.78 is 0. The highest BCUT2D eigenvalue weighted by Crippen LogP contribution is 2.40. The standard InChI is InChI=1S/C14H21N3O3/c15-6-8-1-2-10-9(5-8)7-17(14(10)20)11-3-4-12(18)16-13(11)19/h8-11H,1-7,15H2,(H,16,18,19). The minimum absolute atomic E-state index is 0.0585. The number of carbonyl (C=O) groups is 3. The average molecular weight is 279 g/mol. The molecule has 20 heavy (non-hydrogen) atoms. The number of hydrogen-bond donors (Lipinski definition) is 2. The third-order valence-electron chi connectivity index (χ3n) is 5.04.